The number of aromatic nitrogens is 3. The minimum absolute atomic E-state index is 0.444. The minimum Gasteiger partial charge on any atom is -0.367 e. The molecule has 0 bridgehead atoms. The summed E-state index contributed by atoms with van der Waals surface area (Å²) in [6.45, 7) is 1.08. The maximum absolute atomic E-state index is 10.6. The van der Waals surface area contributed by atoms with E-state index in [0.717, 1.165) is 0 Å². The van der Waals surface area contributed by atoms with E-state index in [4.69, 9.17) is 5.73 Å². The molecule has 1 heterocycles. The highest BCUT2D eigenvalue weighted by atomic mass is 16.1. The predicted octanol–water partition coefficient (Wildman–Crippen LogP) is -1.46. The summed E-state index contributed by atoms with van der Waals surface area (Å²) < 4.78 is 0. The van der Waals surface area contributed by atoms with Gasteiger partial charge in [0, 0.05) is 13.1 Å². The first-order chi connectivity index (χ1) is 5.33. The average Bonchev–Trinajstić information content (AvgIpc) is 2.01. The van der Waals surface area contributed by atoms with E-state index in [1.165, 1.54) is 6.20 Å². The van der Waals surface area contributed by atoms with E-state index in [1.54, 1.807) is 0 Å². The highest BCUT2D eigenvalue weighted by Gasteiger charge is 1.91. The molecule has 0 aliphatic carbocycles. The Bertz CT molecular complexity index is 270. The standard InChI is InChI=1S/C5H9N5O/c6-1-2-7-4-3-8-10-5(11)9-4/h3H,1-2,6H2,(H2,7,9,10,11). The first-order valence-electron chi connectivity index (χ1n) is 3.18. The fourth-order valence-corrected chi connectivity index (χ4v) is 0.597. The lowest BCUT2D eigenvalue weighted by molar-refractivity contribution is 0.902. The van der Waals surface area contributed by atoms with Crippen LogP contribution in [-0.4, -0.2) is 28.3 Å². The van der Waals surface area contributed by atoms with Crippen LogP contribution >= 0.6 is 0 Å². The van der Waals surface area contributed by atoms with Gasteiger partial charge in [-0.15, -0.1) is 0 Å². The van der Waals surface area contributed by atoms with Crippen LogP contribution in [-0.2, 0) is 0 Å². The van der Waals surface area contributed by atoms with Gasteiger partial charge in [-0.25, -0.2) is 9.89 Å². The molecule has 4 N–H and O–H groups in total. The van der Waals surface area contributed by atoms with Crippen LogP contribution in [0.1, 0.15) is 0 Å². The molecular formula is C5H9N5O. The van der Waals surface area contributed by atoms with Gasteiger partial charge in [0.1, 0.15) is 0 Å². The smallest absolute Gasteiger partial charge is 0.363 e. The lowest BCUT2D eigenvalue weighted by atomic mass is 10.6. The summed E-state index contributed by atoms with van der Waals surface area (Å²) in [6, 6.07) is 0. The molecule has 0 fully saturated rings. The summed E-state index contributed by atoms with van der Waals surface area (Å²) in [6.07, 6.45) is 1.43. The van der Waals surface area contributed by atoms with E-state index in [2.05, 4.69) is 20.5 Å². The molecule has 0 aliphatic heterocycles. The fourth-order valence-electron chi connectivity index (χ4n) is 0.597. The number of rotatable bonds is 3. The summed E-state index contributed by atoms with van der Waals surface area (Å²) >= 11 is 0. The monoisotopic (exact) mass is 155 g/mol. The van der Waals surface area contributed by atoms with Crippen molar-refractivity contribution >= 4 is 5.82 Å². The van der Waals surface area contributed by atoms with Gasteiger partial charge in [0.05, 0.1) is 6.20 Å². The Morgan fingerprint density at radius 3 is 3.18 bits per heavy atom. The normalized spacial score (nSPS) is 9.55. The second-order valence-corrected chi connectivity index (χ2v) is 1.89. The molecule has 0 unspecified atom stereocenters. The molecular weight excluding hydrogens is 146 g/mol. The molecule has 0 aromatic carbocycles. The van der Waals surface area contributed by atoms with Crippen molar-refractivity contribution in [1.82, 2.24) is 15.2 Å². The Morgan fingerprint density at radius 1 is 1.73 bits per heavy atom. The largest absolute Gasteiger partial charge is 0.367 e. The van der Waals surface area contributed by atoms with E-state index < -0.39 is 5.69 Å². The average molecular weight is 155 g/mol. The number of hydrogen-bond donors (Lipinski definition) is 3. The molecule has 6 heteroatoms. The van der Waals surface area contributed by atoms with Crippen LogP contribution in [0.4, 0.5) is 5.82 Å². The van der Waals surface area contributed by atoms with Crippen LogP contribution in [0.15, 0.2) is 11.0 Å². The Kier molecular flexibility index (Phi) is 2.56. The Labute approximate surface area is 62.8 Å². The fraction of sp³-hybridized carbons (Fsp3) is 0.400. The van der Waals surface area contributed by atoms with Crippen LogP contribution < -0.4 is 16.7 Å². The number of hydrogen-bond acceptors (Lipinski definition) is 5. The van der Waals surface area contributed by atoms with E-state index in [-0.39, 0.29) is 0 Å². The van der Waals surface area contributed by atoms with Crippen molar-refractivity contribution in [1.29, 1.82) is 0 Å². The zero-order valence-electron chi connectivity index (χ0n) is 5.87. The third-order valence-electron chi connectivity index (χ3n) is 1.02. The van der Waals surface area contributed by atoms with E-state index in [9.17, 15) is 4.79 Å². The molecule has 6 nitrogen and oxygen atoms in total. The zero-order valence-corrected chi connectivity index (χ0v) is 5.87. The number of H-pyrrole nitrogens is 1. The topological polar surface area (TPSA) is 96.7 Å². The summed E-state index contributed by atoms with van der Waals surface area (Å²) in [5, 5.41) is 8.51. The number of nitrogens with one attached hydrogen (secondary N) is 2. The summed E-state index contributed by atoms with van der Waals surface area (Å²) in [5.74, 6) is 0.444. The quantitative estimate of drug-likeness (QED) is 0.495. The molecule has 0 spiro atoms. The number of anilines is 1. The lowest BCUT2D eigenvalue weighted by Crippen LogP contribution is -2.18. The molecule has 0 amide bonds. The lowest BCUT2D eigenvalue weighted by Gasteiger charge is -1.99. The first kappa shape index (κ1) is 7.67. The van der Waals surface area contributed by atoms with Crippen molar-refractivity contribution in [3.8, 4) is 0 Å². The van der Waals surface area contributed by atoms with Gasteiger partial charge < -0.3 is 11.1 Å². The molecule has 1 aromatic rings. The maximum Gasteiger partial charge on any atom is 0.363 e. The van der Waals surface area contributed by atoms with E-state index >= 15 is 0 Å². The van der Waals surface area contributed by atoms with E-state index in [1.807, 2.05) is 0 Å². The van der Waals surface area contributed by atoms with Crippen molar-refractivity contribution in [3.63, 3.8) is 0 Å². The summed E-state index contributed by atoms with van der Waals surface area (Å²) in [4.78, 5) is 14.1. The van der Waals surface area contributed by atoms with Crippen LogP contribution in [0.3, 0.4) is 0 Å². The van der Waals surface area contributed by atoms with Gasteiger partial charge in [0.25, 0.3) is 0 Å². The second-order valence-electron chi connectivity index (χ2n) is 1.89. The molecule has 0 aliphatic rings. The van der Waals surface area contributed by atoms with Crippen LogP contribution in [0.25, 0.3) is 0 Å². The minimum atomic E-state index is -0.466. The highest BCUT2D eigenvalue weighted by Crippen LogP contribution is 1.90. The summed E-state index contributed by atoms with van der Waals surface area (Å²) in [7, 11) is 0. The Morgan fingerprint density at radius 2 is 2.55 bits per heavy atom. The maximum atomic E-state index is 10.6. The second kappa shape index (κ2) is 3.67. The van der Waals surface area contributed by atoms with Gasteiger partial charge >= 0.3 is 5.69 Å². The van der Waals surface area contributed by atoms with Gasteiger partial charge in [0.15, 0.2) is 5.82 Å². The molecule has 0 radical (unpaired) electrons. The van der Waals surface area contributed by atoms with Crippen molar-refractivity contribution in [2.24, 2.45) is 5.73 Å². The first-order valence-corrected chi connectivity index (χ1v) is 3.18. The number of aromatic amines is 1. The SMILES string of the molecule is NCCNc1cn[nH]c(=O)n1. The Balaban J connectivity index is 2.64. The van der Waals surface area contributed by atoms with Crippen LogP contribution in [0.5, 0.6) is 0 Å². The number of nitrogens with two attached hydrogens (primary N) is 1. The van der Waals surface area contributed by atoms with Crippen molar-refractivity contribution in [3.05, 3.63) is 16.7 Å². The molecule has 0 saturated carbocycles. The van der Waals surface area contributed by atoms with Crippen LogP contribution in [0, 0.1) is 0 Å². The summed E-state index contributed by atoms with van der Waals surface area (Å²) in [5.41, 5.74) is 4.75. The van der Waals surface area contributed by atoms with Gasteiger partial charge in [-0.2, -0.15) is 10.1 Å². The Hall–Kier alpha value is -1.43. The van der Waals surface area contributed by atoms with Gasteiger partial charge in [0.2, 0.25) is 0 Å². The molecule has 1 aromatic heterocycles. The van der Waals surface area contributed by atoms with Gasteiger partial charge in [-0.3, -0.25) is 0 Å². The van der Waals surface area contributed by atoms with Crippen molar-refractivity contribution < 1.29 is 0 Å². The molecule has 60 valence electrons. The van der Waals surface area contributed by atoms with Gasteiger partial charge in [-0.05, 0) is 0 Å². The predicted molar refractivity (Wildman–Crippen MR) is 40.2 cm³/mol. The highest BCUT2D eigenvalue weighted by molar-refractivity contribution is 5.28. The number of nitrogens with zero attached hydrogens (tertiary/aromatic N) is 2. The molecule has 0 saturated heterocycles. The van der Waals surface area contributed by atoms with E-state index in [0.29, 0.717) is 18.9 Å². The third kappa shape index (κ3) is 2.34. The van der Waals surface area contributed by atoms with Crippen molar-refractivity contribution in [2.75, 3.05) is 18.4 Å². The molecule has 0 atom stereocenters. The van der Waals surface area contributed by atoms with Crippen LogP contribution in [0.2, 0.25) is 0 Å². The molecule has 1 rings (SSSR count). The zero-order chi connectivity index (χ0) is 8.10. The molecule has 11 heavy (non-hydrogen) atoms. The van der Waals surface area contributed by atoms with Crippen molar-refractivity contribution in [2.45, 2.75) is 0 Å². The van der Waals surface area contributed by atoms with Gasteiger partial charge in [-0.1, -0.05) is 0 Å². The third-order valence-corrected chi connectivity index (χ3v) is 1.02.